The zero-order valence-electron chi connectivity index (χ0n) is 13.7. The van der Waals surface area contributed by atoms with E-state index >= 15 is 0 Å². The van der Waals surface area contributed by atoms with Crippen LogP contribution < -0.4 is 5.73 Å². The lowest BCUT2D eigenvalue weighted by Crippen LogP contribution is -2.12. The molecule has 2 heteroatoms. The highest BCUT2D eigenvalue weighted by Crippen LogP contribution is 2.43. The van der Waals surface area contributed by atoms with Crippen molar-refractivity contribution in [2.45, 2.75) is 26.8 Å². The van der Waals surface area contributed by atoms with Gasteiger partial charge in [-0.1, -0.05) is 56.3 Å². The molecule has 0 aliphatic carbocycles. The van der Waals surface area contributed by atoms with Crippen LogP contribution in [-0.4, -0.2) is 4.57 Å². The average molecular weight is 302 g/mol. The third-order valence-corrected chi connectivity index (χ3v) is 4.72. The molecule has 0 unspecified atom stereocenters. The number of hydrogen-bond acceptors (Lipinski definition) is 1. The van der Waals surface area contributed by atoms with Crippen LogP contribution in [0, 0.1) is 5.41 Å². The summed E-state index contributed by atoms with van der Waals surface area (Å²) in [5, 5.41) is 0. The van der Waals surface area contributed by atoms with E-state index in [1.165, 1.54) is 27.9 Å². The summed E-state index contributed by atoms with van der Waals surface area (Å²) in [5.74, 6) is 0. The van der Waals surface area contributed by atoms with Crippen molar-refractivity contribution in [3.8, 4) is 22.3 Å². The van der Waals surface area contributed by atoms with Crippen LogP contribution in [0.3, 0.4) is 0 Å². The summed E-state index contributed by atoms with van der Waals surface area (Å²) in [7, 11) is 0. The Morgan fingerprint density at radius 3 is 2.30 bits per heavy atom. The zero-order chi connectivity index (χ0) is 16.0. The quantitative estimate of drug-likeness (QED) is 0.664. The molecule has 0 bridgehead atoms. The van der Waals surface area contributed by atoms with Gasteiger partial charge in [-0.2, -0.15) is 0 Å². The van der Waals surface area contributed by atoms with Crippen molar-refractivity contribution in [3.63, 3.8) is 0 Å². The van der Waals surface area contributed by atoms with Crippen molar-refractivity contribution >= 4 is 5.69 Å². The van der Waals surface area contributed by atoms with Crippen LogP contribution in [0.5, 0.6) is 0 Å². The summed E-state index contributed by atoms with van der Waals surface area (Å²) in [4.78, 5) is 0. The van der Waals surface area contributed by atoms with E-state index in [0.717, 1.165) is 18.7 Å². The molecule has 1 aromatic heterocycles. The molecule has 2 aromatic carbocycles. The lowest BCUT2D eigenvalue weighted by Gasteiger charge is -2.16. The fraction of sp³-hybridized carbons (Fsp3) is 0.238. The zero-order valence-corrected chi connectivity index (χ0v) is 13.7. The molecule has 0 amide bonds. The number of fused-ring (bicyclic) bond motifs is 1. The summed E-state index contributed by atoms with van der Waals surface area (Å²) in [6.07, 6.45) is 3.43. The van der Waals surface area contributed by atoms with Crippen LogP contribution in [-0.2, 0) is 13.0 Å². The summed E-state index contributed by atoms with van der Waals surface area (Å²) in [6.45, 7) is 5.77. The molecule has 0 atom stereocenters. The van der Waals surface area contributed by atoms with E-state index in [9.17, 15) is 0 Å². The molecule has 116 valence electrons. The first kappa shape index (κ1) is 14.1. The molecule has 0 saturated heterocycles. The van der Waals surface area contributed by atoms with Gasteiger partial charge in [0.1, 0.15) is 0 Å². The minimum Gasteiger partial charge on any atom is -0.399 e. The SMILES string of the molecule is CC1(C)Cc2c(-c3ccccc3)c(-c3ccc(N)cc3)cn2C1. The Hall–Kier alpha value is -2.48. The van der Waals surface area contributed by atoms with Crippen LogP contribution >= 0.6 is 0 Å². The first-order chi connectivity index (χ1) is 11.0. The van der Waals surface area contributed by atoms with Gasteiger partial charge in [-0.3, -0.25) is 0 Å². The summed E-state index contributed by atoms with van der Waals surface area (Å²) < 4.78 is 2.44. The Labute approximate surface area is 137 Å². The molecule has 1 aliphatic rings. The van der Waals surface area contributed by atoms with E-state index in [1.807, 2.05) is 12.1 Å². The molecule has 0 radical (unpaired) electrons. The smallest absolute Gasteiger partial charge is 0.0314 e. The molecule has 2 heterocycles. The fourth-order valence-corrected chi connectivity index (χ4v) is 3.71. The molecule has 0 fully saturated rings. The largest absolute Gasteiger partial charge is 0.399 e. The van der Waals surface area contributed by atoms with Gasteiger partial charge < -0.3 is 10.3 Å². The van der Waals surface area contributed by atoms with E-state index in [1.54, 1.807) is 0 Å². The summed E-state index contributed by atoms with van der Waals surface area (Å²) in [5.41, 5.74) is 13.7. The number of nitrogens with two attached hydrogens (primary N) is 1. The lowest BCUT2D eigenvalue weighted by atomic mass is 9.87. The third-order valence-electron chi connectivity index (χ3n) is 4.72. The minimum atomic E-state index is 0.332. The summed E-state index contributed by atoms with van der Waals surface area (Å²) in [6, 6.07) is 18.9. The highest BCUT2D eigenvalue weighted by molar-refractivity contribution is 5.86. The molecular formula is C21H22N2. The Balaban J connectivity index is 1.93. The van der Waals surface area contributed by atoms with Gasteiger partial charge in [-0.25, -0.2) is 0 Å². The Morgan fingerprint density at radius 1 is 0.913 bits per heavy atom. The van der Waals surface area contributed by atoms with Gasteiger partial charge in [-0.15, -0.1) is 0 Å². The molecular weight excluding hydrogens is 280 g/mol. The van der Waals surface area contributed by atoms with Crippen molar-refractivity contribution in [3.05, 3.63) is 66.5 Å². The van der Waals surface area contributed by atoms with Crippen molar-refractivity contribution < 1.29 is 0 Å². The number of hydrogen-bond donors (Lipinski definition) is 1. The third kappa shape index (κ3) is 2.44. The van der Waals surface area contributed by atoms with E-state index in [4.69, 9.17) is 5.73 Å². The van der Waals surface area contributed by atoms with Gasteiger partial charge in [0.25, 0.3) is 0 Å². The maximum Gasteiger partial charge on any atom is 0.0314 e. The van der Waals surface area contributed by atoms with Crippen LogP contribution in [0.25, 0.3) is 22.3 Å². The topological polar surface area (TPSA) is 30.9 Å². The van der Waals surface area contributed by atoms with Crippen molar-refractivity contribution in [1.82, 2.24) is 4.57 Å². The Morgan fingerprint density at radius 2 is 1.61 bits per heavy atom. The minimum absolute atomic E-state index is 0.332. The highest BCUT2D eigenvalue weighted by atomic mass is 15.0. The Kier molecular flexibility index (Phi) is 3.08. The number of benzene rings is 2. The van der Waals surface area contributed by atoms with Crippen LogP contribution in [0.2, 0.25) is 0 Å². The standard InChI is InChI=1S/C21H22N2/c1-21(2)12-19-20(16-6-4-3-5-7-16)18(13-23(19)14-21)15-8-10-17(22)11-9-15/h3-11,13H,12,14,22H2,1-2H3. The number of aromatic nitrogens is 1. The number of nitrogen functional groups attached to an aromatic ring is 1. The fourth-order valence-electron chi connectivity index (χ4n) is 3.71. The molecule has 3 aromatic rings. The first-order valence-corrected chi connectivity index (χ1v) is 8.17. The maximum absolute atomic E-state index is 5.86. The van der Waals surface area contributed by atoms with Gasteiger partial charge in [0.15, 0.2) is 0 Å². The van der Waals surface area contributed by atoms with Crippen LogP contribution in [0.15, 0.2) is 60.8 Å². The number of rotatable bonds is 2. The molecule has 0 saturated carbocycles. The van der Waals surface area contributed by atoms with Crippen molar-refractivity contribution in [1.29, 1.82) is 0 Å². The number of nitrogens with zero attached hydrogens (tertiary/aromatic N) is 1. The lowest BCUT2D eigenvalue weighted by molar-refractivity contribution is 0.359. The second kappa shape index (κ2) is 5.02. The molecule has 1 aliphatic heterocycles. The van der Waals surface area contributed by atoms with E-state index in [-0.39, 0.29) is 0 Å². The summed E-state index contributed by atoms with van der Waals surface area (Å²) >= 11 is 0. The molecule has 4 rings (SSSR count). The predicted octanol–water partition coefficient (Wildman–Crippen LogP) is 4.99. The van der Waals surface area contributed by atoms with Gasteiger partial charge in [0.2, 0.25) is 0 Å². The van der Waals surface area contributed by atoms with E-state index in [2.05, 4.69) is 67.1 Å². The van der Waals surface area contributed by atoms with Crippen molar-refractivity contribution in [2.75, 3.05) is 5.73 Å². The molecule has 2 nitrogen and oxygen atoms in total. The average Bonchev–Trinajstić information content (AvgIpc) is 3.00. The predicted molar refractivity (Wildman–Crippen MR) is 97.2 cm³/mol. The van der Waals surface area contributed by atoms with Crippen molar-refractivity contribution in [2.24, 2.45) is 5.41 Å². The molecule has 23 heavy (non-hydrogen) atoms. The maximum atomic E-state index is 5.86. The second-order valence-corrected chi connectivity index (χ2v) is 7.32. The van der Waals surface area contributed by atoms with Gasteiger partial charge in [0.05, 0.1) is 0 Å². The van der Waals surface area contributed by atoms with E-state index in [0.29, 0.717) is 5.41 Å². The van der Waals surface area contributed by atoms with Gasteiger partial charge >= 0.3 is 0 Å². The highest BCUT2D eigenvalue weighted by Gasteiger charge is 2.32. The second-order valence-electron chi connectivity index (χ2n) is 7.32. The van der Waals surface area contributed by atoms with E-state index < -0.39 is 0 Å². The van der Waals surface area contributed by atoms with Crippen LogP contribution in [0.4, 0.5) is 5.69 Å². The van der Waals surface area contributed by atoms with Gasteiger partial charge in [-0.05, 0) is 35.1 Å². The monoisotopic (exact) mass is 302 g/mol. The first-order valence-electron chi connectivity index (χ1n) is 8.17. The Bertz CT molecular complexity index is 840. The van der Waals surface area contributed by atoms with Gasteiger partial charge in [0, 0.05) is 35.2 Å². The molecule has 0 spiro atoms. The van der Waals surface area contributed by atoms with Crippen LogP contribution in [0.1, 0.15) is 19.5 Å². The molecule has 2 N–H and O–H groups in total. The normalized spacial score (nSPS) is 15.6. The number of anilines is 1.